The van der Waals surface area contributed by atoms with Crippen LogP contribution in [0.15, 0.2) is 65.0 Å². The van der Waals surface area contributed by atoms with E-state index in [-0.39, 0.29) is 6.10 Å². The minimum atomic E-state index is -4.35. The number of amidine groups is 1. The monoisotopic (exact) mass is 520 g/mol. The van der Waals surface area contributed by atoms with Crippen LogP contribution < -0.4 is 5.73 Å². The average molecular weight is 521 g/mol. The molecule has 0 spiro atoms. The van der Waals surface area contributed by atoms with E-state index >= 15 is 0 Å². The fraction of sp³-hybridized carbons (Fsp3) is 0.517. The second-order valence-corrected chi connectivity index (χ2v) is 9.01. The molecule has 0 atom stereocenters. The standard InChI is InChI=1S/C17H21F3N2.C12H22N2O/c1-3-7-13(11-14(8-4-2)17(18,19)20)16-12-15-9-5-6-10-22(15)21-16;1-5-6-7-12(15-10(2)3)8-9-14-11(4)13/h3,7-8,11-12H,4-6,9-10H2,1-2H3;7-10H,5-6H2,1-4H3,(H2,13,14)/b7-3-,13-11+,14-8-;9-8-,12-7-. The molecule has 1 aliphatic rings. The summed E-state index contributed by atoms with van der Waals surface area (Å²) in [6, 6.07) is 1.91. The fourth-order valence-corrected chi connectivity index (χ4v) is 3.53. The van der Waals surface area contributed by atoms with Gasteiger partial charge in [-0.2, -0.15) is 18.3 Å². The maximum Gasteiger partial charge on any atom is 0.416 e. The Bertz CT molecular complexity index is 981. The van der Waals surface area contributed by atoms with Crippen molar-refractivity contribution in [1.29, 1.82) is 0 Å². The highest BCUT2D eigenvalue weighted by Crippen LogP contribution is 2.30. The van der Waals surface area contributed by atoms with Crippen LogP contribution >= 0.6 is 0 Å². The number of halogens is 3. The Kier molecular flexibility index (Phi) is 14.4. The van der Waals surface area contributed by atoms with E-state index in [4.69, 9.17) is 10.5 Å². The Labute approximate surface area is 220 Å². The van der Waals surface area contributed by atoms with Gasteiger partial charge in [0.2, 0.25) is 0 Å². The maximum atomic E-state index is 13.1. The smallest absolute Gasteiger partial charge is 0.416 e. The summed E-state index contributed by atoms with van der Waals surface area (Å²) in [5, 5.41) is 4.47. The molecule has 2 rings (SSSR count). The van der Waals surface area contributed by atoms with E-state index in [9.17, 15) is 13.2 Å². The van der Waals surface area contributed by atoms with Gasteiger partial charge in [0.05, 0.1) is 23.2 Å². The van der Waals surface area contributed by atoms with Crippen LogP contribution in [0.2, 0.25) is 0 Å². The number of rotatable bonds is 10. The van der Waals surface area contributed by atoms with Crippen LogP contribution in [-0.2, 0) is 17.7 Å². The minimum Gasteiger partial charge on any atom is -0.491 e. The third kappa shape index (κ3) is 12.7. The number of alkyl halides is 3. The van der Waals surface area contributed by atoms with E-state index in [1.165, 1.54) is 12.2 Å². The number of aliphatic imine (C=N–C) groups is 1. The summed E-state index contributed by atoms with van der Waals surface area (Å²) in [7, 11) is 0. The summed E-state index contributed by atoms with van der Waals surface area (Å²) in [6.45, 7) is 12.2. The summed E-state index contributed by atoms with van der Waals surface area (Å²) in [4.78, 5) is 3.97. The molecule has 0 aromatic carbocycles. The topological polar surface area (TPSA) is 65.4 Å². The van der Waals surface area contributed by atoms with Crippen molar-refractivity contribution in [2.24, 2.45) is 10.7 Å². The normalized spacial score (nSPS) is 15.8. The summed E-state index contributed by atoms with van der Waals surface area (Å²) in [5.74, 6) is 1.41. The van der Waals surface area contributed by atoms with Gasteiger partial charge in [0.1, 0.15) is 5.76 Å². The molecule has 1 aromatic heterocycles. The molecular formula is C29H43F3N4O. The van der Waals surface area contributed by atoms with Crippen molar-refractivity contribution < 1.29 is 17.9 Å². The first-order chi connectivity index (χ1) is 17.5. The molecular weight excluding hydrogens is 477 g/mol. The van der Waals surface area contributed by atoms with E-state index in [0.29, 0.717) is 23.5 Å². The number of nitrogens with zero attached hydrogens (tertiary/aromatic N) is 3. The van der Waals surface area contributed by atoms with E-state index in [1.807, 2.05) is 30.7 Å². The van der Waals surface area contributed by atoms with Crippen molar-refractivity contribution in [1.82, 2.24) is 9.78 Å². The lowest BCUT2D eigenvalue weighted by atomic mass is 10.0. The van der Waals surface area contributed by atoms with Gasteiger partial charge in [0, 0.05) is 24.0 Å². The van der Waals surface area contributed by atoms with E-state index < -0.39 is 11.7 Å². The predicted molar refractivity (Wildman–Crippen MR) is 148 cm³/mol. The predicted octanol–water partition coefficient (Wildman–Crippen LogP) is 8.06. The van der Waals surface area contributed by atoms with Crippen LogP contribution in [0, 0.1) is 0 Å². The molecule has 0 saturated carbocycles. The first-order valence-corrected chi connectivity index (χ1v) is 13.0. The molecule has 0 bridgehead atoms. The highest BCUT2D eigenvalue weighted by molar-refractivity contribution is 5.78. The third-order valence-corrected chi connectivity index (χ3v) is 5.14. The van der Waals surface area contributed by atoms with Crippen LogP contribution in [0.5, 0.6) is 0 Å². The average Bonchev–Trinajstić information content (AvgIpc) is 3.25. The summed E-state index contributed by atoms with van der Waals surface area (Å²) >= 11 is 0. The number of nitrogens with two attached hydrogens (primary N) is 1. The van der Waals surface area contributed by atoms with Crippen molar-refractivity contribution >= 4 is 11.4 Å². The lowest BCUT2D eigenvalue weighted by Gasteiger charge is -2.11. The van der Waals surface area contributed by atoms with Gasteiger partial charge < -0.3 is 10.5 Å². The quantitative estimate of drug-likeness (QED) is 0.147. The van der Waals surface area contributed by atoms with Crippen molar-refractivity contribution in [2.45, 2.75) is 98.9 Å². The molecule has 1 aromatic rings. The molecule has 5 nitrogen and oxygen atoms in total. The molecule has 2 heterocycles. The van der Waals surface area contributed by atoms with Crippen molar-refractivity contribution in [2.75, 3.05) is 0 Å². The van der Waals surface area contributed by atoms with Crippen LogP contribution in [0.25, 0.3) is 5.57 Å². The first-order valence-electron chi connectivity index (χ1n) is 13.0. The van der Waals surface area contributed by atoms with E-state index in [1.54, 1.807) is 39.1 Å². The van der Waals surface area contributed by atoms with Crippen molar-refractivity contribution in [3.05, 3.63) is 71.4 Å². The SMILES string of the molecule is CCC/C=C(/C=C\N=C(C)N)OC(C)C.C\C=C/C(=C\C(=C\CC)C(F)(F)F)c1cc2n(n1)CCCC2. The van der Waals surface area contributed by atoms with Crippen LogP contribution in [0.3, 0.4) is 0 Å². The van der Waals surface area contributed by atoms with Crippen LogP contribution in [0.4, 0.5) is 13.2 Å². The van der Waals surface area contributed by atoms with Gasteiger partial charge in [0.25, 0.3) is 0 Å². The highest BCUT2D eigenvalue weighted by Gasteiger charge is 2.32. The number of hydrogen-bond acceptors (Lipinski definition) is 3. The van der Waals surface area contributed by atoms with Gasteiger partial charge in [-0.05, 0) is 84.1 Å². The summed E-state index contributed by atoms with van der Waals surface area (Å²) in [6.07, 6.45) is 12.8. The third-order valence-electron chi connectivity index (χ3n) is 5.14. The number of allylic oxidation sites excluding steroid dienone is 8. The molecule has 0 radical (unpaired) electrons. The molecule has 0 aliphatic carbocycles. The van der Waals surface area contributed by atoms with Gasteiger partial charge in [-0.3, -0.25) is 4.68 Å². The molecule has 0 saturated heterocycles. The Hall–Kier alpha value is -3.03. The molecule has 206 valence electrons. The lowest BCUT2D eigenvalue weighted by molar-refractivity contribution is -0.0883. The van der Waals surface area contributed by atoms with Gasteiger partial charge >= 0.3 is 6.18 Å². The number of ether oxygens (including phenoxy) is 1. The Morgan fingerprint density at radius 1 is 1.22 bits per heavy atom. The zero-order chi connectivity index (χ0) is 27.8. The number of aryl methyl sites for hydroxylation is 2. The van der Waals surface area contributed by atoms with Crippen molar-refractivity contribution in [3.8, 4) is 0 Å². The Morgan fingerprint density at radius 2 is 1.95 bits per heavy atom. The van der Waals surface area contributed by atoms with Gasteiger partial charge in [-0.1, -0.05) is 38.5 Å². The van der Waals surface area contributed by atoms with E-state index in [2.05, 4.69) is 23.1 Å². The minimum absolute atomic E-state index is 0.181. The first kappa shape index (κ1) is 32.0. The fourth-order valence-electron chi connectivity index (χ4n) is 3.53. The van der Waals surface area contributed by atoms with E-state index in [0.717, 1.165) is 50.1 Å². The zero-order valence-electron chi connectivity index (χ0n) is 23.1. The molecule has 0 fully saturated rings. The lowest BCUT2D eigenvalue weighted by Crippen LogP contribution is -2.11. The van der Waals surface area contributed by atoms with Crippen LogP contribution in [-0.4, -0.2) is 27.9 Å². The molecule has 0 unspecified atom stereocenters. The number of fused-ring (bicyclic) bond motifs is 1. The largest absolute Gasteiger partial charge is 0.491 e. The van der Waals surface area contributed by atoms with Gasteiger partial charge in [0.15, 0.2) is 0 Å². The molecule has 0 amide bonds. The molecule has 8 heteroatoms. The number of hydrogen-bond donors (Lipinski definition) is 1. The zero-order valence-corrected chi connectivity index (χ0v) is 23.1. The summed E-state index contributed by atoms with van der Waals surface area (Å²) in [5.41, 5.74) is 7.02. The number of unbranched alkanes of at least 4 members (excludes halogenated alkanes) is 1. The Balaban J connectivity index is 0.000000401. The van der Waals surface area contributed by atoms with Gasteiger partial charge in [-0.15, -0.1) is 0 Å². The maximum absolute atomic E-state index is 13.1. The molecule has 2 N–H and O–H groups in total. The van der Waals surface area contributed by atoms with Gasteiger partial charge in [-0.25, -0.2) is 4.99 Å². The number of aromatic nitrogens is 2. The second kappa shape index (κ2) is 16.7. The highest BCUT2D eigenvalue weighted by atomic mass is 19.4. The Morgan fingerprint density at radius 3 is 2.49 bits per heavy atom. The summed E-state index contributed by atoms with van der Waals surface area (Å²) < 4.78 is 46.8. The second-order valence-electron chi connectivity index (χ2n) is 9.01. The molecule has 37 heavy (non-hydrogen) atoms. The molecule has 1 aliphatic heterocycles. The van der Waals surface area contributed by atoms with Crippen molar-refractivity contribution in [3.63, 3.8) is 0 Å². The van der Waals surface area contributed by atoms with Crippen LogP contribution in [0.1, 0.15) is 85.0 Å².